The summed E-state index contributed by atoms with van der Waals surface area (Å²) < 4.78 is 15.8. The summed E-state index contributed by atoms with van der Waals surface area (Å²) >= 11 is 0. The normalized spacial score (nSPS) is 12.1. The predicted octanol–water partition coefficient (Wildman–Crippen LogP) is 3.93. The maximum atomic E-state index is 12.0. The van der Waals surface area contributed by atoms with E-state index in [4.69, 9.17) is 14.2 Å². The summed E-state index contributed by atoms with van der Waals surface area (Å²) in [6, 6.07) is 9.50. The first-order valence-electron chi connectivity index (χ1n) is 9.58. The van der Waals surface area contributed by atoms with E-state index in [2.05, 4.69) is 19.2 Å². The zero-order valence-electron chi connectivity index (χ0n) is 16.9. The van der Waals surface area contributed by atoms with Gasteiger partial charge in [0.05, 0.1) is 19.1 Å². The van der Waals surface area contributed by atoms with Crippen molar-refractivity contribution >= 4 is 12.1 Å². The Balaban J connectivity index is 2.33. The minimum absolute atomic E-state index is 0.00722. The Morgan fingerprint density at radius 2 is 1.70 bits per heavy atom. The average molecular weight is 379 g/mol. The Bertz CT molecular complexity index is 545. The van der Waals surface area contributed by atoms with Gasteiger partial charge >= 0.3 is 12.1 Å². The summed E-state index contributed by atoms with van der Waals surface area (Å²) in [5, 5.41) is 2.75. The number of benzene rings is 1. The van der Waals surface area contributed by atoms with Crippen LogP contribution in [0.1, 0.15) is 46.1 Å². The first kappa shape index (κ1) is 23.0. The molecule has 0 aliphatic carbocycles. The summed E-state index contributed by atoms with van der Waals surface area (Å²) in [5.74, 6) is 0.148. The zero-order valence-corrected chi connectivity index (χ0v) is 16.9. The molecular formula is C21H33NO5. The van der Waals surface area contributed by atoms with Gasteiger partial charge in [0.1, 0.15) is 13.2 Å². The molecule has 1 unspecified atom stereocenters. The summed E-state index contributed by atoms with van der Waals surface area (Å²) in [4.78, 5) is 23.9. The number of alkyl carbamates (subject to hydrolysis) is 1. The molecule has 6 nitrogen and oxygen atoms in total. The second-order valence-electron chi connectivity index (χ2n) is 7.28. The molecular weight excluding hydrogens is 346 g/mol. The number of amides is 1. The van der Waals surface area contributed by atoms with E-state index < -0.39 is 6.09 Å². The Kier molecular flexibility index (Phi) is 11.2. The average Bonchev–Trinajstić information content (AvgIpc) is 2.62. The summed E-state index contributed by atoms with van der Waals surface area (Å²) in [6.07, 6.45) is 0.713. The third-order valence-corrected chi connectivity index (χ3v) is 3.81. The van der Waals surface area contributed by atoms with Crippen LogP contribution in [0.15, 0.2) is 30.3 Å². The summed E-state index contributed by atoms with van der Waals surface area (Å²) in [5.41, 5.74) is 0.929. The first-order valence-corrected chi connectivity index (χ1v) is 9.58. The van der Waals surface area contributed by atoms with Gasteiger partial charge in [-0.3, -0.25) is 4.79 Å². The van der Waals surface area contributed by atoms with Gasteiger partial charge in [0.25, 0.3) is 0 Å². The number of esters is 1. The molecule has 0 saturated heterocycles. The Hall–Kier alpha value is -2.08. The van der Waals surface area contributed by atoms with Crippen molar-refractivity contribution in [3.8, 4) is 0 Å². The standard InChI is InChI=1S/C21H33NO5/c1-16(2)12-19(13-20(23)26-11-10-25-17(3)4)14-22-21(24)27-15-18-8-6-5-7-9-18/h5-9,16-17,19H,10-15H2,1-4H3,(H,22,24). The third kappa shape index (κ3) is 12.0. The number of hydrogen-bond donors (Lipinski definition) is 1. The molecule has 1 N–H and O–H groups in total. The molecule has 0 heterocycles. The smallest absolute Gasteiger partial charge is 0.407 e. The van der Waals surface area contributed by atoms with Gasteiger partial charge in [-0.05, 0) is 37.7 Å². The van der Waals surface area contributed by atoms with Crippen molar-refractivity contribution in [2.75, 3.05) is 19.8 Å². The van der Waals surface area contributed by atoms with Crippen LogP contribution in [0, 0.1) is 11.8 Å². The van der Waals surface area contributed by atoms with Crippen LogP contribution in [0.4, 0.5) is 4.79 Å². The van der Waals surface area contributed by atoms with Gasteiger partial charge in [-0.2, -0.15) is 0 Å². The summed E-state index contributed by atoms with van der Waals surface area (Å²) in [6.45, 7) is 9.28. The number of rotatable bonds is 12. The zero-order chi connectivity index (χ0) is 20.1. The van der Waals surface area contributed by atoms with E-state index in [1.165, 1.54) is 0 Å². The van der Waals surface area contributed by atoms with Gasteiger partial charge in [0, 0.05) is 6.54 Å². The largest absolute Gasteiger partial charge is 0.463 e. The molecule has 0 saturated carbocycles. The lowest BCUT2D eigenvalue weighted by Gasteiger charge is -2.19. The van der Waals surface area contributed by atoms with E-state index >= 15 is 0 Å². The highest BCUT2D eigenvalue weighted by atomic mass is 16.6. The first-order chi connectivity index (χ1) is 12.9. The quantitative estimate of drug-likeness (QED) is 0.440. The molecule has 0 radical (unpaired) electrons. The number of carbonyl (C=O) groups is 2. The lowest BCUT2D eigenvalue weighted by molar-refractivity contribution is -0.146. The van der Waals surface area contributed by atoms with Crippen molar-refractivity contribution in [3.05, 3.63) is 35.9 Å². The van der Waals surface area contributed by atoms with E-state index in [1.807, 2.05) is 44.2 Å². The number of hydrogen-bond acceptors (Lipinski definition) is 5. The van der Waals surface area contributed by atoms with Crippen LogP contribution in [-0.2, 0) is 25.6 Å². The van der Waals surface area contributed by atoms with E-state index in [0.717, 1.165) is 12.0 Å². The topological polar surface area (TPSA) is 73.9 Å². The number of ether oxygens (including phenoxy) is 3. The third-order valence-electron chi connectivity index (χ3n) is 3.81. The van der Waals surface area contributed by atoms with Gasteiger partial charge < -0.3 is 19.5 Å². The van der Waals surface area contributed by atoms with Crippen LogP contribution in [0.3, 0.4) is 0 Å². The highest BCUT2D eigenvalue weighted by molar-refractivity contribution is 5.70. The molecule has 1 rings (SSSR count). The van der Waals surface area contributed by atoms with Gasteiger partial charge in [0.2, 0.25) is 0 Å². The fourth-order valence-corrected chi connectivity index (χ4v) is 2.64. The molecule has 1 amide bonds. The molecule has 152 valence electrons. The molecule has 0 bridgehead atoms. The van der Waals surface area contributed by atoms with Crippen molar-refractivity contribution in [2.45, 2.75) is 53.2 Å². The highest BCUT2D eigenvalue weighted by Crippen LogP contribution is 2.15. The lowest BCUT2D eigenvalue weighted by Crippen LogP contribution is -2.32. The Labute approximate surface area is 162 Å². The van der Waals surface area contributed by atoms with Crippen molar-refractivity contribution in [2.24, 2.45) is 11.8 Å². The van der Waals surface area contributed by atoms with Crippen LogP contribution >= 0.6 is 0 Å². The van der Waals surface area contributed by atoms with Gasteiger partial charge in [-0.1, -0.05) is 44.2 Å². The van der Waals surface area contributed by atoms with Crippen LogP contribution in [0.25, 0.3) is 0 Å². The van der Waals surface area contributed by atoms with Crippen LogP contribution in [0.2, 0.25) is 0 Å². The Morgan fingerprint density at radius 1 is 1.00 bits per heavy atom. The van der Waals surface area contributed by atoms with Crippen molar-refractivity contribution in [1.82, 2.24) is 5.32 Å². The maximum Gasteiger partial charge on any atom is 0.407 e. The van der Waals surface area contributed by atoms with E-state index in [9.17, 15) is 9.59 Å². The molecule has 27 heavy (non-hydrogen) atoms. The van der Waals surface area contributed by atoms with E-state index in [-0.39, 0.29) is 37.6 Å². The van der Waals surface area contributed by atoms with Crippen molar-refractivity contribution in [3.63, 3.8) is 0 Å². The minimum atomic E-state index is -0.480. The van der Waals surface area contributed by atoms with Gasteiger partial charge in [-0.15, -0.1) is 0 Å². The van der Waals surface area contributed by atoms with Crippen molar-refractivity contribution < 1.29 is 23.8 Å². The molecule has 0 spiro atoms. The monoisotopic (exact) mass is 379 g/mol. The number of carbonyl (C=O) groups excluding carboxylic acids is 2. The fraction of sp³-hybridized carbons (Fsp3) is 0.619. The van der Waals surface area contributed by atoms with Crippen LogP contribution < -0.4 is 5.32 Å². The lowest BCUT2D eigenvalue weighted by atomic mass is 9.94. The van der Waals surface area contributed by atoms with E-state index in [0.29, 0.717) is 19.1 Å². The summed E-state index contributed by atoms with van der Waals surface area (Å²) in [7, 11) is 0. The van der Waals surface area contributed by atoms with Gasteiger partial charge in [0.15, 0.2) is 0 Å². The van der Waals surface area contributed by atoms with Crippen LogP contribution in [-0.4, -0.2) is 37.9 Å². The molecule has 0 aliphatic heterocycles. The molecule has 1 aromatic carbocycles. The fourth-order valence-electron chi connectivity index (χ4n) is 2.64. The van der Waals surface area contributed by atoms with Crippen LogP contribution in [0.5, 0.6) is 0 Å². The second-order valence-corrected chi connectivity index (χ2v) is 7.28. The molecule has 0 fully saturated rings. The molecule has 1 atom stereocenters. The molecule has 1 aromatic rings. The molecule has 0 aliphatic rings. The van der Waals surface area contributed by atoms with Crippen molar-refractivity contribution in [1.29, 1.82) is 0 Å². The Morgan fingerprint density at radius 3 is 2.33 bits per heavy atom. The minimum Gasteiger partial charge on any atom is -0.463 e. The number of nitrogens with one attached hydrogen (secondary N) is 1. The molecule has 6 heteroatoms. The maximum absolute atomic E-state index is 12.0. The highest BCUT2D eigenvalue weighted by Gasteiger charge is 2.18. The van der Waals surface area contributed by atoms with Gasteiger partial charge in [-0.25, -0.2) is 4.79 Å². The SMILES string of the molecule is CC(C)CC(CNC(=O)OCc1ccccc1)CC(=O)OCCOC(C)C. The van der Waals surface area contributed by atoms with E-state index in [1.54, 1.807) is 0 Å². The predicted molar refractivity (Wildman–Crippen MR) is 104 cm³/mol. The second kappa shape index (κ2) is 13.1. The molecule has 0 aromatic heterocycles.